The zero-order chi connectivity index (χ0) is 16.3. The van der Waals surface area contributed by atoms with Crippen molar-refractivity contribution >= 4 is 12.4 Å². The molecule has 6 heteroatoms. The average Bonchev–Trinajstić information content (AvgIpc) is 2.54. The van der Waals surface area contributed by atoms with Gasteiger partial charge in [0.2, 0.25) is 0 Å². The molecule has 0 spiro atoms. The number of rotatable bonds is 4. The molecule has 0 aliphatic carbocycles. The van der Waals surface area contributed by atoms with Gasteiger partial charge in [-0.3, -0.25) is 4.90 Å². The zero-order valence-electron chi connectivity index (χ0n) is 13.1. The zero-order valence-corrected chi connectivity index (χ0v) is 13.9. The molecule has 3 rings (SSSR count). The molecule has 2 aromatic rings. The summed E-state index contributed by atoms with van der Waals surface area (Å²) in [6.45, 7) is 2.89. The lowest BCUT2D eigenvalue weighted by molar-refractivity contribution is -0.137. The van der Waals surface area contributed by atoms with E-state index in [9.17, 15) is 13.2 Å². The van der Waals surface area contributed by atoms with Gasteiger partial charge in [-0.25, -0.2) is 0 Å². The second-order valence-electron chi connectivity index (χ2n) is 5.67. The van der Waals surface area contributed by atoms with Crippen molar-refractivity contribution in [3.8, 4) is 5.75 Å². The molecule has 0 N–H and O–H groups in total. The van der Waals surface area contributed by atoms with Crippen LogP contribution in [0.5, 0.6) is 5.75 Å². The van der Waals surface area contributed by atoms with E-state index in [1.165, 1.54) is 17.2 Å². The van der Waals surface area contributed by atoms with Gasteiger partial charge in [0, 0.05) is 19.6 Å². The molecule has 0 fully saturated rings. The van der Waals surface area contributed by atoms with Crippen molar-refractivity contribution in [1.29, 1.82) is 0 Å². The minimum atomic E-state index is -4.34. The van der Waals surface area contributed by atoms with Crippen LogP contribution in [-0.2, 0) is 19.1 Å². The van der Waals surface area contributed by atoms with Gasteiger partial charge in [-0.05, 0) is 35.7 Å². The predicted octanol–water partition coefficient (Wildman–Crippen LogP) is 4.56. The largest absolute Gasteiger partial charge is 0.492 e. The smallest absolute Gasteiger partial charge is 0.416 e. The summed E-state index contributed by atoms with van der Waals surface area (Å²) in [6.07, 6.45) is -3.34. The van der Waals surface area contributed by atoms with Crippen molar-refractivity contribution in [2.45, 2.75) is 19.1 Å². The first-order valence-corrected chi connectivity index (χ1v) is 7.61. The van der Waals surface area contributed by atoms with Gasteiger partial charge in [0.15, 0.2) is 0 Å². The molecule has 1 aliphatic rings. The third-order valence-electron chi connectivity index (χ3n) is 4.05. The number of halogens is 4. The lowest BCUT2D eigenvalue weighted by atomic mass is 10.0. The Morgan fingerprint density at radius 1 is 1.00 bits per heavy atom. The molecule has 0 amide bonds. The number of nitrogens with zero attached hydrogens (tertiary/aromatic N) is 1. The second-order valence-corrected chi connectivity index (χ2v) is 5.67. The van der Waals surface area contributed by atoms with E-state index >= 15 is 0 Å². The highest BCUT2D eigenvalue weighted by Gasteiger charge is 2.30. The molecule has 0 saturated carbocycles. The number of alkyl halides is 3. The topological polar surface area (TPSA) is 12.5 Å². The third-order valence-corrected chi connectivity index (χ3v) is 4.05. The van der Waals surface area contributed by atoms with E-state index in [0.717, 1.165) is 31.6 Å². The number of hydrogen-bond acceptors (Lipinski definition) is 2. The molecule has 2 nitrogen and oxygen atoms in total. The van der Waals surface area contributed by atoms with Crippen LogP contribution in [-0.4, -0.2) is 24.6 Å². The Kier molecular flexibility index (Phi) is 6.13. The van der Waals surface area contributed by atoms with Crippen molar-refractivity contribution < 1.29 is 17.9 Å². The Hall–Kier alpha value is -1.72. The molecule has 0 radical (unpaired) electrons. The van der Waals surface area contributed by atoms with Crippen LogP contribution in [0.4, 0.5) is 13.2 Å². The summed E-state index contributed by atoms with van der Waals surface area (Å²) >= 11 is 0. The molecule has 1 heterocycles. The lowest BCUT2D eigenvalue weighted by Gasteiger charge is -2.28. The molecule has 0 aromatic heterocycles. The van der Waals surface area contributed by atoms with E-state index in [1.54, 1.807) is 6.07 Å². The molecule has 0 atom stereocenters. The van der Waals surface area contributed by atoms with Crippen molar-refractivity contribution in [3.63, 3.8) is 0 Å². The van der Waals surface area contributed by atoms with E-state index in [0.29, 0.717) is 13.2 Å². The van der Waals surface area contributed by atoms with Crippen LogP contribution in [0.3, 0.4) is 0 Å². The summed E-state index contributed by atoms with van der Waals surface area (Å²) in [4.78, 5) is 2.26. The van der Waals surface area contributed by atoms with Gasteiger partial charge in [0.25, 0.3) is 0 Å². The first-order chi connectivity index (χ1) is 11.0. The monoisotopic (exact) mass is 357 g/mol. The minimum Gasteiger partial charge on any atom is -0.492 e. The SMILES string of the molecule is Cl.FC(F)(F)c1cccc(OCCN2CCc3ccccc3C2)c1. The Labute approximate surface area is 145 Å². The van der Waals surface area contributed by atoms with Gasteiger partial charge in [0.05, 0.1) is 5.56 Å². The van der Waals surface area contributed by atoms with Gasteiger partial charge in [0.1, 0.15) is 12.4 Å². The van der Waals surface area contributed by atoms with Crippen LogP contribution >= 0.6 is 12.4 Å². The molecule has 0 bridgehead atoms. The van der Waals surface area contributed by atoms with Gasteiger partial charge in [-0.15, -0.1) is 12.4 Å². The molecular weight excluding hydrogens is 339 g/mol. The molecule has 1 aliphatic heterocycles. The molecular formula is C18H19ClF3NO. The van der Waals surface area contributed by atoms with Crippen molar-refractivity contribution in [1.82, 2.24) is 4.90 Å². The fourth-order valence-corrected chi connectivity index (χ4v) is 2.80. The van der Waals surface area contributed by atoms with Gasteiger partial charge in [-0.1, -0.05) is 30.3 Å². The minimum absolute atomic E-state index is 0. The molecule has 130 valence electrons. The van der Waals surface area contributed by atoms with E-state index < -0.39 is 11.7 Å². The number of benzene rings is 2. The predicted molar refractivity (Wildman–Crippen MR) is 89.6 cm³/mol. The van der Waals surface area contributed by atoms with E-state index in [1.807, 2.05) is 12.1 Å². The molecule has 24 heavy (non-hydrogen) atoms. The fraction of sp³-hybridized carbons (Fsp3) is 0.333. The highest BCUT2D eigenvalue weighted by atomic mass is 35.5. The summed E-state index contributed by atoms with van der Waals surface area (Å²) in [7, 11) is 0. The molecule has 2 aromatic carbocycles. The summed E-state index contributed by atoms with van der Waals surface area (Å²) < 4.78 is 43.5. The van der Waals surface area contributed by atoms with Crippen LogP contribution < -0.4 is 4.74 Å². The van der Waals surface area contributed by atoms with E-state index in [-0.39, 0.29) is 18.2 Å². The van der Waals surface area contributed by atoms with E-state index in [2.05, 4.69) is 17.0 Å². The normalized spacial score (nSPS) is 14.6. The maximum atomic E-state index is 12.7. The quantitative estimate of drug-likeness (QED) is 0.795. The van der Waals surface area contributed by atoms with Crippen LogP contribution in [0, 0.1) is 0 Å². The van der Waals surface area contributed by atoms with Crippen LogP contribution in [0.2, 0.25) is 0 Å². The fourth-order valence-electron chi connectivity index (χ4n) is 2.80. The maximum absolute atomic E-state index is 12.7. The third kappa shape index (κ3) is 4.65. The summed E-state index contributed by atoms with van der Waals surface area (Å²) in [5, 5.41) is 0. The summed E-state index contributed by atoms with van der Waals surface area (Å²) in [5.74, 6) is 0.261. The number of fused-ring (bicyclic) bond motifs is 1. The Morgan fingerprint density at radius 3 is 2.50 bits per heavy atom. The Morgan fingerprint density at radius 2 is 1.75 bits per heavy atom. The maximum Gasteiger partial charge on any atom is 0.416 e. The number of hydrogen-bond donors (Lipinski definition) is 0. The number of ether oxygens (including phenoxy) is 1. The van der Waals surface area contributed by atoms with Crippen molar-refractivity contribution in [2.75, 3.05) is 19.7 Å². The highest BCUT2D eigenvalue weighted by Crippen LogP contribution is 2.31. The van der Waals surface area contributed by atoms with Crippen LogP contribution in [0.25, 0.3) is 0 Å². The van der Waals surface area contributed by atoms with Crippen molar-refractivity contribution in [3.05, 3.63) is 65.2 Å². The second kappa shape index (κ2) is 7.90. The molecule has 0 saturated heterocycles. The van der Waals surface area contributed by atoms with Gasteiger partial charge in [-0.2, -0.15) is 13.2 Å². The first-order valence-electron chi connectivity index (χ1n) is 7.61. The summed E-state index contributed by atoms with van der Waals surface area (Å²) in [6, 6.07) is 13.4. The average molecular weight is 358 g/mol. The van der Waals surface area contributed by atoms with Gasteiger partial charge >= 0.3 is 6.18 Å². The van der Waals surface area contributed by atoms with Gasteiger partial charge < -0.3 is 4.74 Å². The van der Waals surface area contributed by atoms with Crippen LogP contribution in [0.1, 0.15) is 16.7 Å². The molecule has 0 unspecified atom stereocenters. The van der Waals surface area contributed by atoms with E-state index in [4.69, 9.17) is 4.74 Å². The van der Waals surface area contributed by atoms with Crippen molar-refractivity contribution in [2.24, 2.45) is 0 Å². The Balaban J connectivity index is 0.00000208. The Bertz CT molecular complexity index is 675. The van der Waals surface area contributed by atoms with Crippen LogP contribution in [0.15, 0.2) is 48.5 Å². The summed E-state index contributed by atoms with van der Waals surface area (Å²) in [5.41, 5.74) is 2.02. The lowest BCUT2D eigenvalue weighted by Crippen LogP contribution is -2.33. The standard InChI is InChI=1S/C18H18F3NO.ClH/c19-18(20,21)16-6-3-7-17(12-16)23-11-10-22-9-8-14-4-1-2-5-15(14)13-22;/h1-7,12H,8-11,13H2;1H. The first kappa shape index (κ1) is 18.6. The highest BCUT2D eigenvalue weighted by molar-refractivity contribution is 5.85.